The summed E-state index contributed by atoms with van der Waals surface area (Å²) < 4.78 is 0. The van der Waals surface area contributed by atoms with Crippen molar-refractivity contribution in [2.24, 2.45) is 17.6 Å². The predicted octanol–water partition coefficient (Wildman–Crippen LogP) is 1.51. The predicted molar refractivity (Wildman–Crippen MR) is 67.0 cm³/mol. The number of nitrogens with zero attached hydrogens (tertiary/aromatic N) is 2. The van der Waals surface area contributed by atoms with E-state index in [1.165, 1.54) is 0 Å². The molecule has 1 aliphatic carbocycles. The first-order valence-corrected chi connectivity index (χ1v) is 6.49. The molecular weight excluding hydrogens is 214 g/mol. The van der Waals surface area contributed by atoms with Gasteiger partial charge in [0, 0.05) is 18.5 Å². The fraction of sp³-hybridized carbons (Fsp3) is 0.846. The van der Waals surface area contributed by atoms with Gasteiger partial charge in [-0.15, -0.1) is 0 Å². The van der Waals surface area contributed by atoms with Crippen LogP contribution in [0.4, 0.5) is 0 Å². The Bertz CT molecular complexity index is 296. The number of hydrogen-bond acceptors (Lipinski definition) is 3. The quantitative estimate of drug-likeness (QED) is 0.788. The van der Waals surface area contributed by atoms with Crippen LogP contribution in [0, 0.1) is 23.2 Å². The lowest BCUT2D eigenvalue weighted by atomic mass is 9.94. The fourth-order valence-electron chi connectivity index (χ4n) is 2.65. The molecule has 1 rings (SSSR count). The van der Waals surface area contributed by atoms with Gasteiger partial charge < -0.3 is 10.6 Å². The average Bonchev–Trinajstić information content (AvgIpc) is 2.76. The van der Waals surface area contributed by atoms with Crippen molar-refractivity contribution in [2.45, 2.75) is 45.6 Å². The van der Waals surface area contributed by atoms with Crippen LogP contribution in [0.3, 0.4) is 0 Å². The van der Waals surface area contributed by atoms with Crippen LogP contribution in [0.2, 0.25) is 0 Å². The lowest BCUT2D eigenvalue weighted by Crippen LogP contribution is -2.43. The van der Waals surface area contributed by atoms with E-state index < -0.39 is 0 Å². The SMILES string of the molecule is CC(C)N(CCC#N)C(=O)C1CCCC1CN. The number of hydrogen-bond donors (Lipinski definition) is 1. The highest BCUT2D eigenvalue weighted by Gasteiger charge is 2.35. The maximum Gasteiger partial charge on any atom is 0.226 e. The van der Waals surface area contributed by atoms with E-state index in [-0.39, 0.29) is 17.9 Å². The summed E-state index contributed by atoms with van der Waals surface area (Å²) in [6, 6.07) is 2.27. The third-order valence-electron chi connectivity index (χ3n) is 3.65. The highest BCUT2D eigenvalue weighted by molar-refractivity contribution is 5.79. The van der Waals surface area contributed by atoms with Gasteiger partial charge in [0.15, 0.2) is 0 Å². The Kier molecular flexibility index (Phi) is 5.43. The minimum Gasteiger partial charge on any atom is -0.339 e. The van der Waals surface area contributed by atoms with Gasteiger partial charge in [-0.1, -0.05) is 6.42 Å². The van der Waals surface area contributed by atoms with Crippen molar-refractivity contribution in [1.82, 2.24) is 4.90 Å². The van der Waals surface area contributed by atoms with Crippen LogP contribution in [0.25, 0.3) is 0 Å². The van der Waals surface area contributed by atoms with Crippen molar-refractivity contribution in [1.29, 1.82) is 5.26 Å². The van der Waals surface area contributed by atoms with Gasteiger partial charge in [-0.2, -0.15) is 5.26 Å². The number of carbonyl (C=O) groups is 1. The summed E-state index contributed by atoms with van der Waals surface area (Å²) in [5.74, 6) is 0.620. The molecule has 1 amide bonds. The summed E-state index contributed by atoms with van der Waals surface area (Å²) in [6.07, 6.45) is 3.53. The molecule has 0 aliphatic heterocycles. The molecule has 1 aliphatic rings. The molecule has 0 aromatic rings. The zero-order chi connectivity index (χ0) is 12.8. The molecular formula is C13H23N3O. The Morgan fingerprint density at radius 2 is 2.24 bits per heavy atom. The van der Waals surface area contributed by atoms with Crippen LogP contribution in [0.15, 0.2) is 0 Å². The number of nitrogens with two attached hydrogens (primary N) is 1. The highest BCUT2D eigenvalue weighted by Crippen LogP contribution is 2.32. The maximum absolute atomic E-state index is 12.4. The summed E-state index contributed by atoms with van der Waals surface area (Å²) in [6.45, 7) is 5.14. The van der Waals surface area contributed by atoms with Crippen molar-refractivity contribution >= 4 is 5.91 Å². The topological polar surface area (TPSA) is 70.1 Å². The molecule has 2 atom stereocenters. The zero-order valence-electron chi connectivity index (χ0n) is 10.9. The van der Waals surface area contributed by atoms with Gasteiger partial charge in [0.1, 0.15) is 0 Å². The largest absolute Gasteiger partial charge is 0.339 e. The van der Waals surface area contributed by atoms with E-state index in [1.54, 1.807) is 0 Å². The second kappa shape index (κ2) is 6.61. The van der Waals surface area contributed by atoms with Crippen molar-refractivity contribution in [2.75, 3.05) is 13.1 Å². The normalized spacial score (nSPS) is 23.7. The summed E-state index contributed by atoms with van der Waals surface area (Å²) in [5.41, 5.74) is 5.72. The summed E-state index contributed by atoms with van der Waals surface area (Å²) in [7, 11) is 0. The van der Waals surface area contributed by atoms with Crippen molar-refractivity contribution < 1.29 is 4.79 Å². The molecule has 1 fully saturated rings. The third-order valence-corrected chi connectivity index (χ3v) is 3.65. The van der Waals surface area contributed by atoms with Gasteiger partial charge in [0.25, 0.3) is 0 Å². The van der Waals surface area contributed by atoms with Gasteiger partial charge in [-0.3, -0.25) is 4.79 Å². The number of rotatable bonds is 5. The van der Waals surface area contributed by atoms with Gasteiger partial charge in [0.2, 0.25) is 5.91 Å². The Hall–Kier alpha value is -1.08. The first kappa shape index (κ1) is 14.0. The van der Waals surface area contributed by atoms with Crippen LogP contribution >= 0.6 is 0 Å². The van der Waals surface area contributed by atoms with Gasteiger partial charge in [-0.25, -0.2) is 0 Å². The van der Waals surface area contributed by atoms with Crippen LogP contribution in [0.1, 0.15) is 39.5 Å². The van der Waals surface area contributed by atoms with Gasteiger partial charge in [0.05, 0.1) is 12.5 Å². The molecule has 0 radical (unpaired) electrons. The minimum atomic E-state index is 0.0843. The Morgan fingerprint density at radius 3 is 2.76 bits per heavy atom. The van der Waals surface area contributed by atoms with E-state index >= 15 is 0 Å². The second-order valence-corrected chi connectivity index (χ2v) is 5.07. The molecule has 0 saturated heterocycles. The molecule has 2 unspecified atom stereocenters. The second-order valence-electron chi connectivity index (χ2n) is 5.07. The molecule has 0 spiro atoms. The van der Waals surface area contributed by atoms with Gasteiger partial charge in [-0.05, 0) is 39.2 Å². The van der Waals surface area contributed by atoms with E-state index in [1.807, 2.05) is 18.7 Å². The molecule has 4 nitrogen and oxygen atoms in total. The smallest absolute Gasteiger partial charge is 0.226 e. The summed E-state index contributed by atoms with van der Waals surface area (Å²) in [4.78, 5) is 14.3. The van der Waals surface area contributed by atoms with Crippen molar-refractivity contribution in [3.63, 3.8) is 0 Å². The minimum absolute atomic E-state index is 0.0843. The summed E-state index contributed by atoms with van der Waals surface area (Å²) in [5, 5.41) is 8.63. The lowest BCUT2D eigenvalue weighted by molar-refractivity contribution is -0.138. The molecule has 0 aromatic heterocycles. The number of amides is 1. The van der Waals surface area contributed by atoms with Gasteiger partial charge >= 0.3 is 0 Å². The monoisotopic (exact) mass is 237 g/mol. The molecule has 4 heteroatoms. The van der Waals surface area contributed by atoms with Crippen LogP contribution in [-0.2, 0) is 4.79 Å². The van der Waals surface area contributed by atoms with E-state index in [9.17, 15) is 4.79 Å². The first-order valence-electron chi connectivity index (χ1n) is 6.49. The molecule has 1 saturated carbocycles. The van der Waals surface area contributed by atoms with Crippen LogP contribution in [0.5, 0.6) is 0 Å². The Labute approximate surface area is 104 Å². The fourth-order valence-corrected chi connectivity index (χ4v) is 2.65. The maximum atomic E-state index is 12.4. The average molecular weight is 237 g/mol. The Morgan fingerprint density at radius 1 is 1.53 bits per heavy atom. The van der Waals surface area contributed by atoms with E-state index in [0.29, 0.717) is 25.4 Å². The summed E-state index contributed by atoms with van der Waals surface area (Å²) >= 11 is 0. The van der Waals surface area contributed by atoms with Crippen LogP contribution in [-0.4, -0.2) is 29.9 Å². The molecule has 2 N–H and O–H groups in total. The van der Waals surface area contributed by atoms with E-state index in [4.69, 9.17) is 11.0 Å². The number of carbonyl (C=O) groups excluding carboxylic acids is 1. The molecule has 0 bridgehead atoms. The molecule has 0 heterocycles. The number of nitriles is 1. The van der Waals surface area contributed by atoms with Crippen molar-refractivity contribution in [3.8, 4) is 6.07 Å². The Balaban J connectivity index is 2.67. The highest BCUT2D eigenvalue weighted by atomic mass is 16.2. The standard InChI is InChI=1S/C13H23N3O/c1-10(2)16(8-4-7-14)13(17)12-6-3-5-11(12)9-15/h10-12H,3-6,8-9,15H2,1-2H3. The molecule has 0 aromatic carbocycles. The third kappa shape index (κ3) is 3.44. The molecule has 17 heavy (non-hydrogen) atoms. The van der Waals surface area contributed by atoms with E-state index in [0.717, 1.165) is 19.3 Å². The van der Waals surface area contributed by atoms with Crippen LogP contribution < -0.4 is 5.73 Å². The van der Waals surface area contributed by atoms with Crippen molar-refractivity contribution in [3.05, 3.63) is 0 Å². The zero-order valence-corrected chi connectivity index (χ0v) is 10.9. The van der Waals surface area contributed by atoms with E-state index in [2.05, 4.69) is 6.07 Å². The lowest BCUT2D eigenvalue weighted by Gasteiger charge is -2.30. The molecule has 96 valence electrons. The first-order chi connectivity index (χ1) is 8.11.